The fraction of sp³-hybridized carbons (Fsp3) is 0.517. The summed E-state index contributed by atoms with van der Waals surface area (Å²) in [5, 5.41) is 16.1. The number of nitrogens with two attached hydrogens (primary N) is 1. The number of rotatable bonds is 12. The summed E-state index contributed by atoms with van der Waals surface area (Å²) < 4.78 is 5.82. The molecule has 7 heteroatoms. The SMILES string of the molecule is CN/C=C(\SCc1ccc(OCC(C)C)c(C#N)c1)C1C=CC=C2[C@H](NC(=O)CCCN)CCC21C. The molecule has 2 aliphatic rings. The third-order valence-corrected chi connectivity index (χ3v) is 8.11. The highest BCUT2D eigenvalue weighted by molar-refractivity contribution is 8.02. The highest BCUT2D eigenvalue weighted by Crippen LogP contribution is 2.54. The molecule has 4 N–H and O–H groups in total. The molecule has 3 rings (SSSR count). The number of nitriles is 1. The summed E-state index contributed by atoms with van der Waals surface area (Å²) in [4.78, 5) is 13.6. The van der Waals surface area contributed by atoms with Crippen molar-refractivity contribution >= 4 is 17.7 Å². The summed E-state index contributed by atoms with van der Waals surface area (Å²) in [6.07, 6.45) is 11.8. The molecule has 0 saturated heterocycles. The van der Waals surface area contributed by atoms with E-state index >= 15 is 0 Å². The second-order valence-corrected chi connectivity index (χ2v) is 11.3. The van der Waals surface area contributed by atoms with Gasteiger partial charge in [0.15, 0.2) is 0 Å². The summed E-state index contributed by atoms with van der Waals surface area (Å²) >= 11 is 1.79. The molecule has 36 heavy (non-hydrogen) atoms. The van der Waals surface area contributed by atoms with Crippen molar-refractivity contribution in [2.75, 3.05) is 20.2 Å². The minimum atomic E-state index is -0.0530. The summed E-state index contributed by atoms with van der Waals surface area (Å²) in [5.74, 6) is 2.10. The number of ether oxygens (including phenoxy) is 1. The first kappa shape index (κ1) is 27.9. The van der Waals surface area contributed by atoms with Crippen LogP contribution in [-0.2, 0) is 10.5 Å². The van der Waals surface area contributed by atoms with E-state index in [9.17, 15) is 10.1 Å². The van der Waals surface area contributed by atoms with Gasteiger partial charge in [-0.25, -0.2) is 0 Å². The number of carbonyl (C=O) groups excluding carboxylic acids is 1. The maximum Gasteiger partial charge on any atom is 0.220 e. The smallest absolute Gasteiger partial charge is 0.220 e. The number of thioether (sulfide) groups is 1. The van der Waals surface area contributed by atoms with Gasteiger partial charge in [0.2, 0.25) is 5.91 Å². The second-order valence-electron chi connectivity index (χ2n) is 10.2. The van der Waals surface area contributed by atoms with E-state index in [2.05, 4.69) is 61.9 Å². The highest BCUT2D eigenvalue weighted by Gasteiger charge is 2.47. The number of carbonyl (C=O) groups is 1. The van der Waals surface area contributed by atoms with Crippen LogP contribution in [0.3, 0.4) is 0 Å². The fourth-order valence-electron chi connectivity index (χ4n) is 5.02. The molecular weight excluding hydrogens is 468 g/mol. The number of hydrogen-bond acceptors (Lipinski definition) is 6. The van der Waals surface area contributed by atoms with Crippen molar-refractivity contribution in [2.45, 2.75) is 58.2 Å². The number of nitrogens with zero attached hydrogens (tertiary/aromatic N) is 1. The monoisotopic (exact) mass is 508 g/mol. The van der Waals surface area contributed by atoms with Crippen LogP contribution >= 0.6 is 11.8 Å². The lowest BCUT2D eigenvalue weighted by Crippen LogP contribution is -2.38. The largest absolute Gasteiger partial charge is 0.492 e. The molecule has 3 atom stereocenters. The maximum absolute atomic E-state index is 12.4. The minimum absolute atomic E-state index is 0.0530. The first-order chi connectivity index (χ1) is 17.3. The zero-order valence-electron chi connectivity index (χ0n) is 22.0. The van der Waals surface area contributed by atoms with Gasteiger partial charge in [0.1, 0.15) is 11.8 Å². The Morgan fingerprint density at radius 3 is 2.92 bits per heavy atom. The summed E-state index contributed by atoms with van der Waals surface area (Å²) in [6.45, 7) is 7.63. The summed E-state index contributed by atoms with van der Waals surface area (Å²) in [5.41, 5.74) is 8.49. The molecule has 2 unspecified atom stereocenters. The van der Waals surface area contributed by atoms with Gasteiger partial charge in [-0.05, 0) is 55.0 Å². The second kappa shape index (κ2) is 13.0. The maximum atomic E-state index is 12.4. The highest BCUT2D eigenvalue weighted by atomic mass is 32.2. The lowest BCUT2D eigenvalue weighted by atomic mass is 9.70. The van der Waals surface area contributed by atoms with Crippen LogP contribution in [-0.4, -0.2) is 32.1 Å². The third-order valence-electron chi connectivity index (χ3n) is 6.93. The zero-order valence-corrected chi connectivity index (χ0v) is 22.8. The Morgan fingerprint density at radius 2 is 2.22 bits per heavy atom. The lowest BCUT2D eigenvalue weighted by molar-refractivity contribution is -0.121. The molecule has 1 aromatic carbocycles. The van der Waals surface area contributed by atoms with Gasteiger partial charge in [0, 0.05) is 41.7 Å². The number of fused-ring (bicyclic) bond motifs is 1. The molecule has 1 amide bonds. The topological polar surface area (TPSA) is 100 Å². The molecule has 6 nitrogen and oxygen atoms in total. The van der Waals surface area contributed by atoms with Gasteiger partial charge in [-0.3, -0.25) is 4.79 Å². The van der Waals surface area contributed by atoms with Crippen molar-refractivity contribution in [3.8, 4) is 11.8 Å². The molecule has 0 bridgehead atoms. The quantitative estimate of drug-likeness (QED) is 0.366. The van der Waals surface area contributed by atoms with Gasteiger partial charge in [0.05, 0.1) is 18.2 Å². The third kappa shape index (κ3) is 6.74. The molecule has 1 aromatic rings. The molecule has 0 aliphatic heterocycles. The van der Waals surface area contributed by atoms with E-state index in [0.717, 1.165) is 24.2 Å². The van der Waals surface area contributed by atoms with E-state index in [1.807, 2.05) is 25.2 Å². The standard InChI is InChI=1S/C29H40N4O2S/c1-20(2)18-35-26-11-10-21(15-22(26)16-31)19-36-27(17-32-4)24-8-5-7-23-25(12-13-29(23,24)3)33-28(34)9-6-14-30/h5,7-8,10-11,15,17,20,24-25,32H,6,9,12-14,18-19,30H2,1-4H3,(H,33,34)/b27-17-/t24?,25-,29?/m1/s1. The fourth-order valence-corrected chi connectivity index (χ4v) is 6.25. The first-order valence-electron chi connectivity index (χ1n) is 12.9. The Balaban J connectivity index is 1.72. The van der Waals surface area contributed by atoms with Crippen LogP contribution in [0.25, 0.3) is 0 Å². The first-order valence-corrected chi connectivity index (χ1v) is 13.8. The van der Waals surface area contributed by atoms with Crippen molar-refractivity contribution < 1.29 is 9.53 Å². The van der Waals surface area contributed by atoms with Crippen LogP contribution in [0.15, 0.2) is 53.1 Å². The van der Waals surface area contributed by atoms with E-state index in [4.69, 9.17) is 10.5 Å². The molecule has 0 aromatic heterocycles. The Kier molecular flexibility index (Phi) is 10.1. The normalized spacial score (nSPS) is 23.1. The van der Waals surface area contributed by atoms with E-state index in [1.54, 1.807) is 11.8 Å². The molecule has 0 radical (unpaired) electrons. The lowest BCUT2D eigenvalue weighted by Gasteiger charge is -2.38. The number of nitrogens with one attached hydrogen (secondary N) is 2. The number of amides is 1. The zero-order chi connectivity index (χ0) is 26.1. The van der Waals surface area contributed by atoms with Gasteiger partial charge >= 0.3 is 0 Å². The van der Waals surface area contributed by atoms with Gasteiger partial charge in [-0.15, -0.1) is 11.8 Å². The van der Waals surface area contributed by atoms with Crippen molar-refractivity contribution in [3.63, 3.8) is 0 Å². The van der Waals surface area contributed by atoms with Crippen LogP contribution in [0.2, 0.25) is 0 Å². The van der Waals surface area contributed by atoms with Crippen molar-refractivity contribution in [1.29, 1.82) is 5.26 Å². The van der Waals surface area contributed by atoms with E-state index < -0.39 is 0 Å². The van der Waals surface area contributed by atoms with Gasteiger partial charge in [-0.2, -0.15) is 5.26 Å². The van der Waals surface area contributed by atoms with E-state index in [1.165, 1.54) is 10.5 Å². The predicted octanol–water partition coefficient (Wildman–Crippen LogP) is 5.02. The van der Waals surface area contributed by atoms with Crippen LogP contribution in [0, 0.1) is 28.6 Å². The average molecular weight is 509 g/mol. The van der Waals surface area contributed by atoms with Gasteiger partial charge < -0.3 is 21.1 Å². The molecule has 1 saturated carbocycles. The van der Waals surface area contributed by atoms with Crippen LogP contribution < -0.4 is 21.1 Å². The van der Waals surface area contributed by atoms with Gasteiger partial charge in [0.25, 0.3) is 0 Å². The van der Waals surface area contributed by atoms with E-state index in [-0.39, 0.29) is 23.3 Å². The molecule has 0 spiro atoms. The number of hydrogen-bond donors (Lipinski definition) is 3. The van der Waals surface area contributed by atoms with Crippen molar-refractivity contribution in [2.24, 2.45) is 23.0 Å². The molecule has 0 heterocycles. The minimum Gasteiger partial charge on any atom is -0.492 e. The molecule has 1 fully saturated rings. The van der Waals surface area contributed by atoms with Crippen LogP contribution in [0.4, 0.5) is 0 Å². The number of benzene rings is 1. The Morgan fingerprint density at radius 1 is 1.42 bits per heavy atom. The van der Waals surface area contributed by atoms with Crippen molar-refractivity contribution in [3.05, 3.63) is 64.2 Å². The molecular formula is C29H40N4O2S. The Labute approximate surface area is 220 Å². The predicted molar refractivity (Wildman–Crippen MR) is 148 cm³/mol. The Hall–Kier alpha value is -2.69. The summed E-state index contributed by atoms with van der Waals surface area (Å²) in [7, 11) is 1.93. The van der Waals surface area contributed by atoms with Crippen LogP contribution in [0.5, 0.6) is 5.75 Å². The number of allylic oxidation sites excluding steroid dienone is 4. The van der Waals surface area contributed by atoms with Crippen molar-refractivity contribution in [1.82, 2.24) is 10.6 Å². The molecule has 194 valence electrons. The Bertz CT molecular complexity index is 1060. The van der Waals surface area contributed by atoms with E-state index in [0.29, 0.717) is 43.2 Å². The molecule has 2 aliphatic carbocycles. The van der Waals surface area contributed by atoms with Gasteiger partial charge in [-0.1, -0.05) is 45.1 Å². The summed E-state index contributed by atoms with van der Waals surface area (Å²) in [6, 6.07) is 8.26. The van der Waals surface area contributed by atoms with Crippen LogP contribution in [0.1, 0.15) is 57.6 Å². The average Bonchev–Trinajstić information content (AvgIpc) is 3.20.